The Bertz CT molecular complexity index is 1930. The number of hydrogen-bond acceptors (Lipinski definition) is 7. The lowest BCUT2D eigenvalue weighted by molar-refractivity contribution is 0.373. The van der Waals surface area contributed by atoms with Crippen molar-refractivity contribution in [1.29, 1.82) is 0 Å². The monoisotopic (exact) mass is 662 g/mol. The average Bonchev–Trinajstić information content (AvgIpc) is 3.80. The first-order valence-corrected chi connectivity index (χ1v) is 17.1. The van der Waals surface area contributed by atoms with Crippen molar-refractivity contribution in [2.24, 2.45) is 5.92 Å². The second-order valence-electron chi connectivity index (χ2n) is 10.3. The minimum Gasteiger partial charge on any atom is -0.507 e. The molecule has 2 atom stereocenters. The number of aromatic hydroxyl groups is 1. The summed E-state index contributed by atoms with van der Waals surface area (Å²) >= 11 is 12.1. The van der Waals surface area contributed by atoms with Crippen LogP contribution in [0, 0.1) is 5.92 Å². The molecule has 0 spiro atoms. The van der Waals surface area contributed by atoms with Crippen LogP contribution in [0.4, 0.5) is 5.69 Å². The fourth-order valence-corrected chi connectivity index (χ4v) is 8.08. The summed E-state index contributed by atoms with van der Waals surface area (Å²) in [6, 6.07) is 18.8. The van der Waals surface area contributed by atoms with E-state index in [9.17, 15) is 26.7 Å². The summed E-state index contributed by atoms with van der Waals surface area (Å²) in [4.78, 5) is 13.3. The van der Waals surface area contributed by atoms with E-state index in [0.29, 0.717) is 5.56 Å². The van der Waals surface area contributed by atoms with Gasteiger partial charge in [0.2, 0.25) is 10.0 Å². The quantitative estimate of drug-likeness (QED) is 0.168. The van der Waals surface area contributed by atoms with E-state index in [0.717, 1.165) is 12.8 Å². The van der Waals surface area contributed by atoms with Gasteiger partial charge in [-0.15, -0.1) is 0 Å². The van der Waals surface area contributed by atoms with Crippen LogP contribution in [-0.4, -0.2) is 21.9 Å². The summed E-state index contributed by atoms with van der Waals surface area (Å²) in [6.07, 6.45) is 1.82. The molecule has 1 heterocycles. The van der Waals surface area contributed by atoms with Crippen LogP contribution in [0.2, 0.25) is 10.0 Å². The smallest absolute Gasteiger partial charge is 0.343 e. The Morgan fingerprint density at radius 3 is 2.30 bits per heavy atom. The average molecular weight is 664 g/mol. The molecule has 9 nitrogen and oxygen atoms in total. The third-order valence-corrected chi connectivity index (χ3v) is 10.8. The molecular weight excluding hydrogens is 635 g/mol. The summed E-state index contributed by atoms with van der Waals surface area (Å²) in [5.74, 6) is -0.946. The van der Waals surface area contributed by atoms with Crippen molar-refractivity contribution >= 4 is 48.9 Å². The second-order valence-corrected chi connectivity index (χ2v) is 14.5. The molecule has 0 bridgehead atoms. The first-order valence-electron chi connectivity index (χ1n) is 13.4. The van der Waals surface area contributed by atoms with Gasteiger partial charge in [-0.05, 0) is 73.2 Å². The molecule has 1 fully saturated rings. The highest BCUT2D eigenvalue weighted by molar-refractivity contribution is 7.92. The summed E-state index contributed by atoms with van der Waals surface area (Å²) in [5.41, 5.74) is 0.0268. The number of hydrogen-bond donors (Lipinski definition) is 3. The molecule has 43 heavy (non-hydrogen) atoms. The molecule has 13 heteroatoms. The molecule has 1 aromatic heterocycles. The van der Waals surface area contributed by atoms with Crippen molar-refractivity contribution in [2.75, 3.05) is 4.72 Å². The van der Waals surface area contributed by atoms with Crippen molar-refractivity contribution < 1.29 is 26.4 Å². The lowest BCUT2D eigenvalue weighted by Gasteiger charge is -2.21. The Labute approximate surface area is 259 Å². The van der Waals surface area contributed by atoms with Gasteiger partial charge >= 0.3 is 5.63 Å². The Morgan fingerprint density at radius 1 is 0.930 bits per heavy atom. The summed E-state index contributed by atoms with van der Waals surface area (Å²) < 4.78 is 62.7. The third kappa shape index (κ3) is 6.91. The SMILES string of the molecule is CCC(NS(=O)(=O)c1ccccc1)c1cc(O)c(C(c2cccc(NS(=O)(=O)c3cc(Cl)ccc3Cl)c2)C2CC2)c(=O)o1. The van der Waals surface area contributed by atoms with Gasteiger partial charge in [0, 0.05) is 22.7 Å². The van der Waals surface area contributed by atoms with E-state index in [1.54, 1.807) is 49.4 Å². The number of benzene rings is 3. The first-order chi connectivity index (χ1) is 20.4. The molecule has 0 radical (unpaired) electrons. The van der Waals surface area contributed by atoms with Crippen LogP contribution in [0.15, 0.2) is 97.9 Å². The number of rotatable bonds is 11. The van der Waals surface area contributed by atoms with E-state index < -0.39 is 37.6 Å². The van der Waals surface area contributed by atoms with Gasteiger partial charge in [-0.25, -0.2) is 26.4 Å². The minimum absolute atomic E-state index is 0.00275. The molecule has 0 saturated heterocycles. The van der Waals surface area contributed by atoms with E-state index in [-0.39, 0.29) is 54.9 Å². The Kier molecular flexibility index (Phi) is 8.92. The second kappa shape index (κ2) is 12.3. The molecule has 1 saturated carbocycles. The molecular formula is C30H28Cl2N2O7S2. The Morgan fingerprint density at radius 2 is 1.65 bits per heavy atom. The highest BCUT2D eigenvalue weighted by Crippen LogP contribution is 2.48. The van der Waals surface area contributed by atoms with Gasteiger partial charge in [0.15, 0.2) is 0 Å². The van der Waals surface area contributed by atoms with E-state index >= 15 is 0 Å². The predicted octanol–water partition coefficient (Wildman–Crippen LogP) is 6.42. The normalized spacial score (nSPS) is 15.1. The summed E-state index contributed by atoms with van der Waals surface area (Å²) in [6.45, 7) is 1.72. The Balaban J connectivity index is 1.46. The van der Waals surface area contributed by atoms with Gasteiger partial charge in [0.25, 0.3) is 10.0 Å². The maximum atomic E-state index is 13.4. The number of halogens is 2. The van der Waals surface area contributed by atoms with Crippen LogP contribution in [0.1, 0.15) is 55.0 Å². The van der Waals surface area contributed by atoms with Crippen molar-refractivity contribution in [2.45, 2.75) is 47.9 Å². The number of sulfonamides is 2. The van der Waals surface area contributed by atoms with Gasteiger partial charge in [0.05, 0.1) is 21.5 Å². The van der Waals surface area contributed by atoms with Crippen molar-refractivity contribution in [1.82, 2.24) is 4.72 Å². The highest BCUT2D eigenvalue weighted by atomic mass is 35.5. The fraction of sp³-hybridized carbons (Fsp3) is 0.233. The molecule has 1 aliphatic rings. The van der Waals surface area contributed by atoms with Crippen LogP contribution >= 0.6 is 23.2 Å². The molecule has 3 N–H and O–H groups in total. The highest BCUT2D eigenvalue weighted by Gasteiger charge is 2.38. The van der Waals surface area contributed by atoms with Crippen LogP contribution < -0.4 is 15.1 Å². The van der Waals surface area contributed by atoms with Crippen molar-refractivity contribution in [3.05, 3.63) is 116 Å². The molecule has 0 aliphatic heterocycles. The van der Waals surface area contributed by atoms with Crippen molar-refractivity contribution in [3.63, 3.8) is 0 Å². The topological polar surface area (TPSA) is 143 Å². The summed E-state index contributed by atoms with van der Waals surface area (Å²) in [7, 11) is -8.03. The molecule has 4 aromatic rings. The Hall–Kier alpha value is -3.35. The van der Waals surface area contributed by atoms with Gasteiger partial charge in [-0.1, -0.05) is 60.5 Å². The van der Waals surface area contributed by atoms with Crippen molar-refractivity contribution in [3.8, 4) is 5.75 Å². The van der Waals surface area contributed by atoms with Crippen LogP contribution in [0.5, 0.6) is 5.75 Å². The van der Waals surface area contributed by atoms with Gasteiger partial charge in [-0.3, -0.25) is 4.72 Å². The lowest BCUT2D eigenvalue weighted by atomic mass is 9.87. The predicted molar refractivity (Wildman–Crippen MR) is 165 cm³/mol. The molecule has 1 aliphatic carbocycles. The maximum Gasteiger partial charge on any atom is 0.343 e. The standard InChI is InChI=1S/C30H28Cl2N2O7S2/c1-2-24(34-42(37,38)22-9-4-3-5-10-22)26-17-25(35)29(30(36)41-26)28(18-11-12-18)19-7-6-8-21(15-19)33-43(39,40)27-16-20(31)13-14-23(27)32/h3-10,13-18,24,28,33-35H,2,11-12H2,1H3. The zero-order chi connectivity index (χ0) is 30.9. The maximum absolute atomic E-state index is 13.4. The zero-order valence-electron chi connectivity index (χ0n) is 22.8. The molecule has 0 amide bonds. The van der Waals surface area contributed by atoms with E-state index in [4.69, 9.17) is 27.6 Å². The van der Waals surface area contributed by atoms with Crippen LogP contribution in [-0.2, 0) is 20.0 Å². The largest absolute Gasteiger partial charge is 0.507 e. The van der Waals surface area contributed by atoms with E-state index in [1.165, 1.54) is 36.4 Å². The van der Waals surface area contributed by atoms with Crippen LogP contribution in [0.25, 0.3) is 0 Å². The lowest BCUT2D eigenvalue weighted by Crippen LogP contribution is -2.29. The first kappa shape index (κ1) is 31.1. The van der Waals surface area contributed by atoms with Gasteiger partial charge in [-0.2, -0.15) is 0 Å². The molecule has 5 rings (SSSR count). The fourth-order valence-electron chi connectivity index (χ4n) is 4.96. The molecule has 2 unspecified atom stereocenters. The van der Waals surface area contributed by atoms with Gasteiger partial charge in [0.1, 0.15) is 16.4 Å². The minimum atomic E-state index is -4.10. The third-order valence-electron chi connectivity index (χ3n) is 7.17. The molecule has 3 aromatic carbocycles. The van der Waals surface area contributed by atoms with E-state index in [1.807, 2.05) is 0 Å². The van der Waals surface area contributed by atoms with Gasteiger partial charge < -0.3 is 9.52 Å². The van der Waals surface area contributed by atoms with Crippen LogP contribution in [0.3, 0.4) is 0 Å². The zero-order valence-corrected chi connectivity index (χ0v) is 26.0. The summed E-state index contributed by atoms with van der Waals surface area (Å²) in [5, 5.41) is 11.3. The molecule has 226 valence electrons. The number of anilines is 1. The number of nitrogens with one attached hydrogen (secondary N) is 2. The van der Waals surface area contributed by atoms with E-state index in [2.05, 4.69) is 9.44 Å².